The summed E-state index contributed by atoms with van der Waals surface area (Å²) in [5.41, 5.74) is 1.83. The van der Waals surface area contributed by atoms with Gasteiger partial charge < -0.3 is 10.0 Å². The first-order chi connectivity index (χ1) is 8.63. The normalized spacial score (nSPS) is 24.1. The molecular weight excluding hydrogens is 226 g/mol. The minimum absolute atomic E-state index is 0.185. The summed E-state index contributed by atoms with van der Waals surface area (Å²) in [7, 11) is 0. The lowest BCUT2D eigenvalue weighted by molar-refractivity contribution is 0.0964. The maximum absolute atomic E-state index is 11.9. The fraction of sp³-hybridized carbons (Fsp3) is 0.533. The number of para-hydroxylation sites is 1. The van der Waals surface area contributed by atoms with Crippen LogP contribution in [0.2, 0.25) is 0 Å². The van der Waals surface area contributed by atoms with E-state index in [1.165, 1.54) is 0 Å². The molecule has 1 aromatic rings. The molecule has 0 bridgehead atoms. The van der Waals surface area contributed by atoms with Crippen LogP contribution < -0.4 is 4.90 Å². The van der Waals surface area contributed by atoms with Crippen molar-refractivity contribution in [2.24, 2.45) is 5.92 Å². The molecule has 1 saturated heterocycles. The summed E-state index contributed by atoms with van der Waals surface area (Å²) in [6, 6.07) is 7.79. The van der Waals surface area contributed by atoms with E-state index in [0.29, 0.717) is 6.42 Å². The molecule has 98 valence electrons. The van der Waals surface area contributed by atoms with E-state index in [9.17, 15) is 9.90 Å². The van der Waals surface area contributed by atoms with Crippen molar-refractivity contribution in [1.82, 2.24) is 0 Å². The second kappa shape index (κ2) is 5.53. The van der Waals surface area contributed by atoms with Crippen LogP contribution in [0.5, 0.6) is 0 Å². The lowest BCUT2D eigenvalue weighted by Gasteiger charge is -2.36. The van der Waals surface area contributed by atoms with Gasteiger partial charge in [0.05, 0.1) is 6.10 Å². The molecule has 0 aliphatic carbocycles. The van der Waals surface area contributed by atoms with Crippen LogP contribution in [-0.2, 0) is 0 Å². The van der Waals surface area contributed by atoms with Crippen molar-refractivity contribution in [3.8, 4) is 0 Å². The summed E-state index contributed by atoms with van der Waals surface area (Å²) < 4.78 is 0. The zero-order valence-electron chi connectivity index (χ0n) is 11.1. The highest BCUT2D eigenvalue weighted by Crippen LogP contribution is 2.27. The summed E-state index contributed by atoms with van der Waals surface area (Å²) in [4.78, 5) is 14.2. The number of carbonyl (C=O) groups is 1. The Morgan fingerprint density at radius 2 is 2.17 bits per heavy atom. The molecule has 2 atom stereocenters. The number of aliphatic hydroxyl groups is 1. The SMILES string of the molecule is CCC(=O)c1ccccc1N1CCC(O)C(C)C1. The smallest absolute Gasteiger partial charge is 0.164 e. The second-order valence-corrected chi connectivity index (χ2v) is 5.07. The van der Waals surface area contributed by atoms with Crippen molar-refractivity contribution in [3.05, 3.63) is 29.8 Å². The molecule has 1 heterocycles. The minimum Gasteiger partial charge on any atom is -0.393 e. The summed E-state index contributed by atoms with van der Waals surface area (Å²) in [6.07, 6.45) is 1.09. The van der Waals surface area contributed by atoms with Gasteiger partial charge in [-0.1, -0.05) is 26.0 Å². The number of carbonyl (C=O) groups excluding carboxylic acids is 1. The number of aliphatic hydroxyl groups excluding tert-OH is 1. The van der Waals surface area contributed by atoms with Crippen LogP contribution in [0.4, 0.5) is 5.69 Å². The van der Waals surface area contributed by atoms with Gasteiger partial charge in [-0.25, -0.2) is 0 Å². The number of Topliss-reactive ketones (excluding diaryl/α,β-unsaturated/α-hetero) is 1. The van der Waals surface area contributed by atoms with E-state index in [0.717, 1.165) is 30.8 Å². The van der Waals surface area contributed by atoms with E-state index in [1.54, 1.807) is 0 Å². The summed E-state index contributed by atoms with van der Waals surface area (Å²) >= 11 is 0. The molecule has 0 spiro atoms. The van der Waals surface area contributed by atoms with Crippen molar-refractivity contribution in [2.45, 2.75) is 32.8 Å². The number of anilines is 1. The molecule has 0 saturated carbocycles. The van der Waals surface area contributed by atoms with Gasteiger partial charge in [0.1, 0.15) is 0 Å². The van der Waals surface area contributed by atoms with Crippen molar-refractivity contribution in [3.63, 3.8) is 0 Å². The average molecular weight is 247 g/mol. The quantitative estimate of drug-likeness (QED) is 0.834. The van der Waals surface area contributed by atoms with E-state index >= 15 is 0 Å². The number of benzene rings is 1. The monoisotopic (exact) mass is 247 g/mol. The Morgan fingerprint density at radius 1 is 1.44 bits per heavy atom. The van der Waals surface area contributed by atoms with Gasteiger partial charge >= 0.3 is 0 Å². The first kappa shape index (κ1) is 13.1. The van der Waals surface area contributed by atoms with Crippen LogP contribution in [0.3, 0.4) is 0 Å². The maximum Gasteiger partial charge on any atom is 0.164 e. The molecule has 0 aromatic heterocycles. The number of piperidine rings is 1. The molecule has 1 aliphatic rings. The Kier molecular flexibility index (Phi) is 4.02. The van der Waals surface area contributed by atoms with Gasteiger partial charge in [-0.05, 0) is 24.5 Å². The van der Waals surface area contributed by atoms with Gasteiger partial charge in [-0.3, -0.25) is 4.79 Å². The zero-order chi connectivity index (χ0) is 13.1. The summed E-state index contributed by atoms with van der Waals surface area (Å²) in [5.74, 6) is 0.438. The third-order valence-corrected chi connectivity index (χ3v) is 3.73. The number of rotatable bonds is 3. The predicted octanol–water partition coefficient (Wildman–Crippen LogP) is 2.49. The third-order valence-electron chi connectivity index (χ3n) is 3.73. The fourth-order valence-electron chi connectivity index (χ4n) is 2.53. The molecule has 18 heavy (non-hydrogen) atoms. The molecule has 1 fully saturated rings. The molecule has 0 radical (unpaired) electrons. The summed E-state index contributed by atoms with van der Waals surface area (Å²) in [5, 5.41) is 9.77. The van der Waals surface area contributed by atoms with E-state index < -0.39 is 0 Å². The highest BCUT2D eigenvalue weighted by atomic mass is 16.3. The van der Waals surface area contributed by atoms with E-state index in [2.05, 4.69) is 11.8 Å². The summed E-state index contributed by atoms with van der Waals surface area (Å²) in [6.45, 7) is 5.58. The topological polar surface area (TPSA) is 40.5 Å². The number of hydrogen-bond acceptors (Lipinski definition) is 3. The van der Waals surface area contributed by atoms with Crippen LogP contribution in [0.25, 0.3) is 0 Å². The van der Waals surface area contributed by atoms with Crippen molar-refractivity contribution in [2.75, 3.05) is 18.0 Å². The van der Waals surface area contributed by atoms with E-state index in [1.807, 2.05) is 31.2 Å². The minimum atomic E-state index is -0.213. The number of hydrogen-bond donors (Lipinski definition) is 1. The van der Waals surface area contributed by atoms with Gasteiger partial charge in [0, 0.05) is 30.8 Å². The highest BCUT2D eigenvalue weighted by Gasteiger charge is 2.26. The molecule has 1 aromatic carbocycles. The lowest BCUT2D eigenvalue weighted by atomic mass is 9.95. The Labute approximate surface area is 108 Å². The molecule has 0 amide bonds. The maximum atomic E-state index is 11.9. The van der Waals surface area contributed by atoms with Gasteiger partial charge in [0.2, 0.25) is 0 Å². The van der Waals surface area contributed by atoms with Crippen LogP contribution in [0, 0.1) is 5.92 Å². The Balaban J connectivity index is 2.25. The van der Waals surface area contributed by atoms with E-state index in [-0.39, 0.29) is 17.8 Å². The number of nitrogens with zero attached hydrogens (tertiary/aromatic N) is 1. The van der Waals surface area contributed by atoms with Crippen LogP contribution in [0.15, 0.2) is 24.3 Å². The van der Waals surface area contributed by atoms with Crippen LogP contribution in [0.1, 0.15) is 37.0 Å². The second-order valence-electron chi connectivity index (χ2n) is 5.07. The largest absolute Gasteiger partial charge is 0.393 e. The Morgan fingerprint density at radius 3 is 2.83 bits per heavy atom. The molecule has 2 rings (SSSR count). The van der Waals surface area contributed by atoms with Crippen molar-refractivity contribution < 1.29 is 9.90 Å². The van der Waals surface area contributed by atoms with Gasteiger partial charge in [-0.15, -0.1) is 0 Å². The molecule has 3 nitrogen and oxygen atoms in total. The fourth-order valence-corrected chi connectivity index (χ4v) is 2.53. The van der Waals surface area contributed by atoms with Gasteiger partial charge in [-0.2, -0.15) is 0 Å². The Hall–Kier alpha value is -1.35. The van der Waals surface area contributed by atoms with Crippen LogP contribution >= 0.6 is 0 Å². The van der Waals surface area contributed by atoms with E-state index in [4.69, 9.17) is 0 Å². The molecule has 3 heteroatoms. The van der Waals surface area contributed by atoms with Crippen molar-refractivity contribution >= 4 is 11.5 Å². The van der Waals surface area contributed by atoms with Gasteiger partial charge in [0.15, 0.2) is 5.78 Å². The van der Waals surface area contributed by atoms with Crippen LogP contribution in [-0.4, -0.2) is 30.1 Å². The number of ketones is 1. The first-order valence-corrected chi connectivity index (χ1v) is 6.68. The van der Waals surface area contributed by atoms with Crippen molar-refractivity contribution in [1.29, 1.82) is 0 Å². The highest BCUT2D eigenvalue weighted by molar-refractivity contribution is 6.01. The zero-order valence-corrected chi connectivity index (χ0v) is 11.1. The molecule has 2 unspecified atom stereocenters. The standard InChI is InChI=1S/C15H21NO2/c1-3-14(17)12-6-4-5-7-13(12)16-9-8-15(18)11(2)10-16/h4-7,11,15,18H,3,8-10H2,1-2H3. The molecule has 1 N–H and O–H groups in total. The molecular formula is C15H21NO2. The lowest BCUT2D eigenvalue weighted by Crippen LogP contribution is -2.42. The van der Waals surface area contributed by atoms with Gasteiger partial charge in [0.25, 0.3) is 0 Å². The first-order valence-electron chi connectivity index (χ1n) is 6.68. The third kappa shape index (κ3) is 2.56. The predicted molar refractivity (Wildman–Crippen MR) is 73.1 cm³/mol. The molecule has 1 aliphatic heterocycles. The average Bonchev–Trinajstić information content (AvgIpc) is 2.41. The Bertz CT molecular complexity index is 430.